The Bertz CT molecular complexity index is 738. The summed E-state index contributed by atoms with van der Waals surface area (Å²) in [6.45, 7) is 0.489. The molecule has 130 valence electrons. The number of rotatable bonds is 5. The van der Waals surface area contributed by atoms with Crippen LogP contribution < -0.4 is 0 Å². The van der Waals surface area contributed by atoms with E-state index in [9.17, 15) is 14.4 Å². The van der Waals surface area contributed by atoms with Crippen LogP contribution in [0, 0.1) is 23.7 Å². The SMILES string of the molecule is O=C1[C@H]2[C@H](C(=O)N1CC(=O)N(Cc1cccs1)C1CC1)[C@H]1C=C[C@H]2C1. The molecule has 25 heavy (non-hydrogen) atoms. The van der Waals surface area contributed by atoms with Gasteiger partial charge in [-0.15, -0.1) is 11.3 Å². The third-order valence-electron chi connectivity index (χ3n) is 6.07. The van der Waals surface area contributed by atoms with Crippen molar-refractivity contribution in [1.29, 1.82) is 0 Å². The summed E-state index contributed by atoms with van der Waals surface area (Å²) in [5.41, 5.74) is 0. The average molecular weight is 356 g/mol. The zero-order valence-electron chi connectivity index (χ0n) is 13.8. The van der Waals surface area contributed by atoms with Crippen LogP contribution >= 0.6 is 11.3 Å². The lowest BCUT2D eigenvalue weighted by Gasteiger charge is -2.25. The fraction of sp³-hybridized carbons (Fsp3) is 0.526. The van der Waals surface area contributed by atoms with Crippen LogP contribution in [0.1, 0.15) is 24.1 Å². The van der Waals surface area contributed by atoms with Gasteiger partial charge in [0.25, 0.3) is 0 Å². The van der Waals surface area contributed by atoms with E-state index in [-0.39, 0.29) is 54.0 Å². The van der Waals surface area contributed by atoms with Gasteiger partial charge < -0.3 is 4.90 Å². The second-order valence-electron chi connectivity index (χ2n) is 7.59. The summed E-state index contributed by atoms with van der Waals surface area (Å²) in [6.07, 6.45) is 7.10. The summed E-state index contributed by atoms with van der Waals surface area (Å²) >= 11 is 1.63. The number of likely N-dealkylation sites (tertiary alicyclic amines) is 1. The first-order chi connectivity index (χ1) is 12.1. The molecule has 1 aromatic rings. The minimum absolute atomic E-state index is 0.0913. The number of carbonyl (C=O) groups is 3. The van der Waals surface area contributed by atoms with Gasteiger partial charge in [-0.05, 0) is 42.5 Å². The summed E-state index contributed by atoms with van der Waals surface area (Å²) in [5, 5.41) is 2.00. The standard InChI is InChI=1S/C19H20N2O3S/c22-15(20(13-5-6-13)9-14-2-1-7-25-14)10-21-18(23)16-11-3-4-12(8-11)17(16)19(21)24/h1-4,7,11-13,16-17H,5-6,8-10H2/t11-,12-,16+,17+/m0/s1. The third-order valence-corrected chi connectivity index (χ3v) is 6.93. The molecule has 5 rings (SSSR count). The van der Waals surface area contributed by atoms with Gasteiger partial charge in [0, 0.05) is 10.9 Å². The van der Waals surface area contributed by atoms with E-state index in [4.69, 9.17) is 0 Å². The third kappa shape index (κ3) is 2.38. The average Bonchev–Trinajstić information content (AvgIpc) is 2.98. The van der Waals surface area contributed by atoms with E-state index in [1.807, 2.05) is 22.4 Å². The summed E-state index contributed by atoms with van der Waals surface area (Å²) < 4.78 is 0. The second-order valence-corrected chi connectivity index (χ2v) is 8.63. The molecule has 3 amide bonds. The van der Waals surface area contributed by atoms with Crippen LogP contribution in [0.5, 0.6) is 0 Å². The molecule has 2 bridgehead atoms. The highest BCUT2D eigenvalue weighted by atomic mass is 32.1. The van der Waals surface area contributed by atoms with Crippen LogP contribution in [0.15, 0.2) is 29.7 Å². The van der Waals surface area contributed by atoms with E-state index < -0.39 is 0 Å². The Hall–Kier alpha value is -1.95. The van der Waals surface area contributed by atoms with Crippen molar-refractivity contribution in [3.63, 3.8) is 0 Å². The van der Waals surface area contributed by atoms with Crippen LogP contribution in [0.25, 0.3) is 0 Å². The quantitative estimate of drug-likeness (QED) is 0.599. The minimum atomic E-state index is -0.220. The van der Waals surface area contributed by atoms with Gasteiger partial charge in [0.1, 0.15) is 6.54 Å². The van der Waals surface area contributed by atoms with Crippen molar-refractivity contribution in [2.24, 2.45) is 23.7 Å². The van der Waals surface area contributed by atoms with Gasteiger partial charge in [-0.25, -0.2) is 0 Å². The maximum atomic E-state index is 12.9. The molecule has 4 aliphatic rings. The molecule has 1 saturated heterocycles. The number of carbonyl (C=O) groups excluding carboxylic acids is 3. The molecule has 0 unspecified atom stereocenters. The van der Waals surface area contributed by atoms with Crippen LogP contribution in [0.3, 0.4) is 0 Å². The smallest absolute Gasteiger partial charge is 0.243 e. The first kappa shape index (κ1) is 15.3. The second kappa shape index (κ2) is 5.53. The summed E-state index contributed by atoms with van der Waals surface area (Å²) in [7, 11) is 0. The Labute approximate surface area is 150 Å². The Morgan fingerprint density at radius 2 is 1.84 bits per heavy atom. The number of thiophene rings is 1. The molecule has 3 aliphatic carbocycles. The van der Waals surface area contributed by atoms with Gasteiger partial charge in [0.2, 0.25) is 17.7 Å². The number of amides is 3. The van der Waals surface area contributed by atoms with Crippen LogP contribution in [0.4, 0.5) is 0 Å². The summed E-state index contributed by atoms with van der Waals surface area (Å²) in [5.74, 6) is -0.421. The lowest BCUT2D eigenvalue weighted by atomic mass is 9.85. The highest BCUT2D eigenvalue weighted by molar-refractivity contribution is 7.09. The summed E-state index contributed by atoms with van der Waals surface area (Å²) in [6, 6.07) is 4.26. The van der Waals surface area contributed by atoms with Gasteiger partial charge in [0.15, 0.2) is 0 Å². The molecule has 3 fully saturated rings. The number of hydrogen-bond acceptors (Lipinski definition) is 4. The Morgan fingerprint density at radius 3 is 2.40 bits per heavy atom. The van der Waals surface area contributed by atoms with Gasteiger partial charge in [0.05, 0.1) is 18.4 Å². The molecule has 4 atom stereocenters. The van der Waals surface area contributed by atoms with Crippen LogP contribution in [-0.2, 0) is 20.9 Å². The van der Waals surface area contributed by atoms with Crippen LogP contribution in [-0.4, -0.2) is 40.1 Å². The first-order valence-corrected chi connectivity index (χ1v) is 9.87. The molecular formula is C19H20N2O3S. The maximum Gasteiger partial charge on any atom is 0.243 e. The highest BCUT2D eigenvalue weighted by Crippen LogP contribution is 2.52. The summed E-state index contributed by atoms with van der Waals surface area (Å²) in [4.78, 5) is 42.6. The van der Waals surface area contributed by atoms with Crippen molar-refractivity contribution in [3.8, 4) is 0 Å². The van der Waals surface area contributed by atoms with Crippen molar-refractivity contribution < 1.29 is 14.4 Å². The zero-order chi connectivity index (χ0) is 17.1. The van der Waals surface area contributed by atoms with E-state index >= 15 is 0 Å². The molecule has 0 aromatic carbocycles. The lowest BCUT2D eigenvalue weighted by molar-refractivity contribution is -0.147. The van der Waals surface area contributed by atoms with E-state index in [0.29, 0.717) is 6.54 Å². The number of fused-ring (bicyclic) bond motifs is 5. The number of imide groups is 1. The molecule has 5 nitrogen and oxygen atoms in total. The number of nitrogens with zero attached hydrogens (tertiary/aromatic N) is 2. The molecule has 2 heterocycles. The lowest BCUT2D eigenvalue weighted by Crippen LogP contribution is -2.44. The largest absolute Gasteiger partial charge is 0.333 e. The monoisotopic (exact) mass is 356 g/mol. The van der Waals surface area contributed by atoms with E-state index in [1.54, 1.807) is 11.3 Å². The number of hydrogen-bond donors (Lipinski definition) is 0. The van der Waals surface area contributed by atoms with E-state index in [0.717, 1.165) is 24.1 Å². The van der Waals surface area contributed by atoms with Crippen molar-refractivity contribution >= 4 is 29.1 Å². The topological polar surface area (TPSA) is 57.7 Å². The van der Waals surface area contributed by atoms with Gasteiger partial charge in [-0.1, -0.05) is 18.2 Å². The molecule has 0 spiro atoms. The predicted molar refractivity (Wildman–Crippen MR) is 92.3 cm³/mol. The normalized spacial score (nSPS) is 32.6. The Kier molecular flexibility index (Phi) is 3.39. The maximum absolute atomic E-state index is 12.9. The molecule has 0 radical (unpaired) electrons. The zero-order valence-corrected chi connectivity index (χ0v) is 14.7. The molecule has 2 saturated carbocycles. The van der Waals surface area contributed by atoms with Crippen molar-refractivity contribution in [3.05, 3.63) is 34.5 Å². The van der Waals surface area contributed by atoms with Crippen LogP contribution in [0.2, 0.25) is 0 Å². The van der Waals surface area contributed by atoms with Crippen molar-refractivity contribution in [2.45, 2.75) is 31.8 Å². The highest BCUT2D eigenvalue weighted by Gasteiger charge is 2.59. The first-order valence-electron chi connectivity index (χ1n) is 8.99. The van der Waals surface area contributed by atoms with Gasteiger partial charge in [-0.3, -0.25) is 19.3 Å². The van der Waals surface area contributed by atoms with E-state index in [2.05, 4.69) is 12.2 Å². The minimum Gasteiger partial charge on any atom is -0.333 e. The Morgan fingerprint density at radius 1 is 1.16 bits per heavy atom. The van der Waals surface area contributed by atoms with Gasteiger partial charge in [-0.2, -0.15) is 0 Å². The van der Waals surface area contributed by atoms with Gasteiger partial charge >= 0.3 is 0 Å². The molecular weight excluding hydrogens is 336 g/mol. The molecule has 6 heteroatoms. The molecule has 1 aliphatic heterocycles. The molecule has 0 N–H and O–H groups in total. The number of allylic oxidation sites excluding steroid dienone is 2. The Balaban J connectivity index is 1.32. The van der Waals surface area contributed by atoms with Crippen molar-refractivity contribution in [2.75, 3.05) is 6.54 Å². The molecule has 1 aromatic heterocycles. The van der Waals surface area contributed by atoms with E-state index in [1.165, 1.54) is 4.90 Å². The van der Waals surface area contributed by atoms with Crippen molar-refractivity contribution in [1.82, 2.24) is 9.80 Å². The predicted octanol–water partition coefficient (Wildman–Crippen LogP) is 2.05. The fourth-order valence-electron chi connectivity index (χ4n) is 4.72. The fourth-order valence-corrected chi connectivity index (χ4v) is 5.43.